The number of oxazole rings is 1. The summed E-state index contributed by atoms with van der Waals surface area (Å²) in [5.74, 6) is 0.864. The number of nitrogens with zero attached hydrogens (tertiary/aromatic N) is 1. The van der Waals surface area contributed by atoms with Crippen LogP contribution in [0.5, 0.6) is 0 Å². The van der Waals surface area contributed by atoms with Gasteiger partial charge in [0.2, 0.25) is 5.89 Å². The van der Waals surface area contributed by atoms with E-state index in [0.717, 1.165) is 27.6 Å². The summed E-state index contributed by atoms with van der Waals surface area (Å²) in [7, 11) is 0. The molecule has 1 amide bonds. The Kier molecular flexibility index (Phi) is 5.49. The number of fused-ring (bicyclic) bond motifs is 1. The third-order valence-electron chi connectivity index (χ3n) is 5.07. The summed E-state index contributed by atoms with van der Waals surface area (Å²) in [5, 5.41) is 2.93. The molecular weight excluding hydrogens is 428 g/mol. The normalized spacial score (nSPS) is 12.1. The second-order valence-corrected chi connectivity index (χ2v) is 8.01. The monoisotopic (exact) mass is 448 g/mol. The summed E-state index contributed by atoms with van der Waals surface area (Å²) in [4.78, 5) is 17.1. The molecule has 0 saturated carbocycles. The second kappa shape index (κ2) is 8.21. The summed E-state index contributed by atoms with van der Waals surface area (Å²) >= 11 is 3.38. The zero-order valence-electron chi connectivity index (χ0n) is 16.3. The van der Waals surface area contributed by atoms with Crippen molar-refractivity contribution in [3.63, 3.8) is 0 Å². The molecule has 0 saturated heterocycles. The van der Waals surface area contributed by atoms with Crippen molar-refractivity contribution in [2.24, 2.45) is 0 Å². The van der Waals surface area contributed by atoms with Gasteiger partial charge in [-0.1, -0.05) is 41.9 Å². The van der Waals surface area contributed by atoms with Crippen LogP contribution in [-0.2, 0) is 0 Å². The molecule has 0 radical (unpaired) electrons. The highest BCUT2D eigenvalue weighted by Gasteiger charge is 2.12. The number of nitrogens with one attached hydrogen (secondary N) is 1. The molecule has 1 aromatic heterocycles. The first-order valence-corrected chi connectivity index (χ1v) is 10.4. The van der Waals surface area contributed by atoms with E-state index in [9.17, 15) is 4.79 Å². The molecule has 1 heterocycles. The lowest BCUT2D eigenvalue weighted by Gasteiger charge is -2.07. The summed E-state index contributed by atoms with van der Waals surface area (Å²) in [6.07, 6.45) is 1.08. The molecule has 5 heteroatoms. The Labute approximate surface area is 178 Å². The number of benzene rings is 3. The van der Waals surface area contributed by atoms with E-state index in [1.54, 1.807) is 12.1 Å². The van der Waals surface area contributed by atoms with E-state index in [4.69, 9.17) is 4.42 Å². The van der Waals surface area contributed by atoms with Crippen LogP contribution in [0.2, 0.25) is 0 Å². The van der Waals surface area contributed by atoms with E-state index in [1.807, 2.05) is 42.5 Å². The smallest absolute Gasteiger partial charge is 0.255 e. The predicted molar refractivity (Wildman–Crippen MR) is 120 cm³/mol. The Hall–Kier alpha value is -2.92. The van der Waals surface area contributed by atoms with Gasteiger partial charge in [0, 0.05) is 21.3 Å². The molecule has 4 rings (SSSR count). The minimum Gasteiger partial charge on any atom is -0.436 e. The van der Waals surface area contributed by atoms with Gasteiger partial charge >= 0.3 is 0 Å². The molecule has 1 atom stereocenters. The lowest BCUT2D eigenvalue weighted by atomic mass is 9.98. The Morgan fingerprint density at radius 3 is 2.66 bits per heavy atom. The van der Waals surface area contributed by atoms with E-state index in [0.29, 0.717) is 23.1 Å². The fourth-order valence-corrected chi connectivity index (χ4v) is 3.41. The molecule has 4 nitrogen and oxygen atoms in total. The second-order valence-electron chi connectivity index (χ2n) is 7.10. The number of rotatable bonds is 5. The minimum atomic E-state index is -0.162. The van der Waals surface area contributed by atoms with Crippen molar-refractivity contribution in [2.75, 3.05) is 5.32 Å². The predicted octanol–water partition coefficient (Wildman–Crippen LogP) is 7.02. The lowest BCUT2D eigenvalue weighted by molar-refractivity contribution is 0.102. The third-order valence-corrected chi connectivity index (χ3v) is 5.60. The van der Waals surface area contributed by atoms with Crippen LogP contribution in [0.3, 0.4) is 0 Å². The number of aromatic nitrogens is 1. The zero-order chi connectivity index (χ0) is 20.4. The molecule has 146 valence electrons. The average Bonchev–Trinajstić information content (AvgIpc) is 3.17. The number of halogens is 1. The van der Waals surface area contributed by atoms with E-state index in [-0.39, 0.29) is 5.91 Å². The quantitative estimate of drug-likeness (QED) is 0.356. The molecular formula is C24H21BrN2O2. The molecule has 29 heavy (non-hydrogen) atoms. The van der Waals surface area contributed by atoms with E-state index >= 15 is 0 Å². The Morgan fingerprint density at radius 2 is 1.90 bits per heavy atom. The van der Waals surface area contributed by atoms with Crippen molar-refractivity contribution in [3.05, 3.63) is 82.3 Å². The topological polar surface area (TPSA) is 55.1 Å². The van der Waals surface area contributed by atoms with E-state index < -0.39 is 0 Å². The van der Waals surface area contributed by atoms with Crippen LogP contribution in [0.15, 0.2) is 75.6 Å². The van der Waals surface area contributed by atoms with Crippen molar-refractivity contribution < 1.29 is 9.21 Å². The van der Waals surface area contributed by atoms with Crippen LogP contribution in [-0.4, -0.2) is 10.9 Å². The molecule has 3 aromatic carbocycles. The molecule has 0 aliphatic heterocycles. The zero-order valence-corrected chi connectivity index (χ0v) is 17.9. The largest absolute Gasteiger partial charge is 0.436 e. The Bertz CT molecular complexity index is 1170. The molecule has 0 unspecified atom stereocenters. The van der Waals surface area contributed by atoms with Crippen molar-refractivity contribution in [1.82, 2.24) is 4.98 Å². The van der Waals surface area contributed by atoms with Gasteiger partial charge < -0.3 is 9.73 Å². The maximum atomic E-state index is 12.5. The Morgan fingerprint density at radius 1 is 1.10 bits per heavy atom. The highest BCUT2D eigenvalue weighted by atomic mass is 79.9. The van der Waals surface area contributed by atoms with Gasteiger partial charge in [0.05, 0.1) is 0 Å². The fraction of sp³-hybridized carbons (Fsp3) is 0.167. The molecule has 0 fully saturated rings. The summed E-state index contributed by atoms with van der Waals surface area (Å²) < 4.78 is 6.89. The van der Waals surface area contributed by atoms with Gasteiger partial charge in [-0.2, -0.15) is 0 Å². The molecule has 1 N–H and O–H groups in total. The molecule has 0 aliphatic rings. The first-order chi connectivity index (χ1) is 14.0. The number of hydrogen-bond acceptors (Lipinski definition) is 3. The first kappa shape index (κ1) is 19.4. The van der Waals surface area contributed by atoms with Crippen LogP contribution < -0.4 is 5.32 Å². The average molecular weight is 449 g/mol. The lowest BCUT2D eigenvalue weighted by Crippen LogP contribution is -2.11. The summed E-state index contributed by atoms with van der Waals surface area (Å²) in [6.45, 7) is 4.39. The van der Waals surface area contributed by atoms with E-state index in [2.05, 4.69) is 52.2 Å². The fourth-order valence-electron chi connectivity index (χ4n) is 3.14. The highest BCUT2D eigenvalue weighted by molar-refractivity contribution is 9.10. The molecule has 0 aliphatic carbocycles. The van der Waals surface area contributed by atoms with Gasteiger partial charge in [-0.25, -0.2) is 4.98 Å². The van der Waals surface area contributed by atoms with Crippen molar-refractivity contribution in [2.45, 2.75) is 26.2 Å². The number of hydrogen-bond donors (Lipinski definition) is 1. The van der Waals surface area contributed by atoms with Gasteiger partial charge in [0.1, 0.15) is 5.52 Å². The summed E-state index contributed by atoms with van der Waals surface area (Å²) in [6, 6.07) is 20.9. The molecule has 0 bridgehead atoms. The SMILES string of the molecule is CC[C@@H](C)c1ccc2oc(-c3cccc(NC(=O)c4ccc(Br)cc4)c3)nc2c1. The van der Waals surface area contributed by atoms with Crippen LogP contribution >= 0.6 is 15.9 Å². The van der Waals surface area contributed by atoms with Crippen molar-refractivity contribution in [3.8, 4) is 11.5 Å². The Balaban J connectivity index is 1.59. The number of amides is 1. The van der Waals surface area contributed by atoms with Crippen LogP contribution in [0.4, 0.5) is 5.69 Å². The standard InChI is InChI=1S/C24H21BrN2O2/c1-3-15(2)17-9-12-22-21(14-17)27-24(29-22)18-5-4-6-20(13-18)26-23(28)16-7-10-19(25)11-8-16/h4-15H,3H2,1-2H3,(H,26,28)/t15-/m1/s1. The molecule has 4 aromatic rings. The number of carbonyl (C=O) groups is 1. The highest BCUT2D eigenvalue weighted by Crippen LogP contribution is 2.29. The third kappa shape index (κ3) is 4.25. The first-order valence-electron chi connectivity index (χ1n) is 9.61. The van der Waals surface area contributed by atoms with Gasteiger partial charge in [0.15, 0.2) is 5.58 Å². The number of carbonyl (C=O) groups excluding carboxylic acids is 1. The van der Waals surface area contributed by atoms with E-state index in [1.165, 1.54) is 5.56 Å². The van der Waals surface area contributed by atoms with Crippen LogP contribution in [0, 0.1) is 0 Å². The van der Waals surface area contributed by atoms with Crippen molar-refractivity contribution in [1.29, 1.82) is 0 Å². The summed E-state index contributed by atoms with van der Waals surface area (Å²) in [5.41, 5.74) is 4.98. The van der Waals surface area contributed by atoms with Gasteiger partial charge in [0.25, 0.3) is 5.91 Å². The number of anilines is 1. The van der Waals surface area contributed by atoms with Crippen LogP contribution in [0.1, 0.15) is 42.1 Å². The minimum absolute atomic E-state index is 0.162. The van der Waals surface area contributed by atoms with Crippen LogP contribution in [0.25, 0.3) is 22.6 Å². The maximum absolute atomic E-state index is 12.5. The van der Waals surface area contributed by atoms with Gasteiger partial charge in [-0.15, -0.1) is 0 Å². The van der Waals surface area contributed by atoms with Gasteiger partial charge in [-0.05, 0) is 72.5 Å². The maximum Gasteiger partial charge on any atom is 0.255 e. The molecule has 0 spiro atoms. The van der Waals surface area contributed by atoms with Crippen molar-refractivity contribution >= 4 is 38.6 Å². The van der Waals surface area contributed by atoms with Gasteiger partial charge in [-0.3, -0.25) is 4.79 Å².